The largest absolute Gasteiger partial charge is 0.380 e. The Kier molecular flexibility index (Phi) is 2.97. The number of nitrogens with one attached hydrogen (secondary N) is 1. The minimum Gasteiger partial charge on any atom is -0.380 e. The number of hydrogen-bond donors (Lipinski definition) is 1. The van der Waals surface area contributed by atoms with Crippen molar-refractivity contribution in [2.75, 3.05) is 5.32 Å². The third-order valence-electron chi connectivity index (χ3n) is 4.08. The molecule has 0 amide bonds. The lowest BCUT2D eigenvalue weighted by atomic mass is 10.0. The highest BCUT2D eigenvalue weighted by Crippen LogP contribution is 2.49. The van der Waals surface area contributed by atoms with Gasteiger partial charge in [0.1, 0.15) is 12.7 Å². The highest BCUT2D eigenvalue weighted by molar-refractivity contribution is 6.31. The fourth-order valence-electron chi connectivity index (χ4n) is 2.19. The van der Waals surface area contributed by atoms with Crippen LogP contribution in [0.5, 0.6) is 0 Å². The minimum atomic E-state index is 0.405. The first kappa shape index (κ1) is 12.5. The molecule has 4 nitrogen and oxygen atoms in total. The van der Waals surface area contributed by atoms with Crippen molar-refractivity contribution >= 4 is 17.3 Å². The summed E-state index contributed by atoms with van der Waals surface area (Å²) in [7, 11) is 0. The second kappa shape index (κ2) is 4.53. The normalized spacial score (nSPS) is 18.1. The molecule has 1 aromatic heterocycles. The van der Waals surface area contributed by atoms with Gasteiger partial charge < -0.3 is 5.32 Å². The first-order valence-corrected chi connectivity index (χ1v) is 6.87. The second-order valence-corrected chi connectivity index (χ2v) is 5.96. The zero-order valence-corrected chi connectivity index (χ0v) is 11.9. The summed E-state index contributed by atoms with van der Waals surface area (Å²) in [5.74, 6) is 0. The first-order chi connectivity index (χ1) is 9.08. The second-order valence-electron chi connectivity index (χ2n) is 5.52. The van der Waals surface area contributed by atoms with Gasteiger partial charge in [-0.1, -0.05) is 18.5 Å². The Morgan fingerprint density at radius 2 is 2.21 bits per heavy atom. The maximum Gasteiger partial charge on any atom is 0.138 e. The van der Waals surface area contributed by atoms with Gasteiger partial charge in [0.25, 0.3) is 0 Å². The summed E-state index contributed by atoms with van der Waals surface area (Å²) in [5.41, 5.74) is 2.37. The Hall–Kier alpha value is -1.55. The van der Waals surface area contributed by atoms with Gasteiger partial charge in [0, 0.05) is 11.1 Å². The van der Waals surface area contributed by atoms with Gasteiger partial charge in [-0.05, 0) is 43.4 Å². The van der Waals surface area contributed by atoms with E-state index in [2.05, 4.69) is 29.2 Å². The molecule has 100 valence electrons. The molecule has 2 aromatic rings. The number of benzene rings is 1. The van der Waals surface area contributed by atoms with E-state index in [1.54, 1.807) is 11.0 Å². The molecule has 1 unspecified atom stereocenters. The maximum atomic E-state index is 6.11. The molecule has 1 saturated carbocycles. The van der Waals surface area contributed by atoms with Gasteiger partial charge in [0.05, 0.1) is 11.4 Å². The van der Waals surface area contributed by atoms with E-state index in [4.69, 9.17) is 11.6 Å². The monoisotopic (exact) mass is 276 g/mol. The molecule has 1 N–H and O–H groups in total. The third kappa shape index (κ3) is 2.45. The van der Waals surface area contributed by atoms with Crippen LogP contribution < -0.4 is 5.32 Å². The molecule has 0 aliphatic heterocycles. The number of halogens is 1. The SMILES string of the molecule is CC(Nc1cc(Cl)ccc1-n1cncn1)C1(C)CC1. The molecule has 0 saturated heterocycles. The molecule has 1 atom stereocenters. The van der Waals surface area contributed by atoms with Gasteiger partial charge in [0.2, 0.25) is 0 Å². The zero-order chi connectivity index (χ0) is 13.5. The molecule has 1 aromatic carbocycles. The first-order valence-electron chi connectivity index (χ1n) is 6.50. The van der Waals surface area contributed by atoms with Crippen LogP contribution in [0.3, 0.4) is 0 Å². The van der Waals surface area contributed by atoms with E-state index in [1.165, 1.54) is 19.2 Å². The highest BCUT2D eigenvalue weighted by atomic mass is 35.5. The average molecular weight is 277 g/mol. The molecule has 1 fully saturated rings. The molecule has 0 spiro atoms. The van der Waals surface area contributed by atoms with Crippen molar-refractivity contribution in [2.24, 2.45) is 5.41 Å². The Labute approximate surface area is 117 Å². The molecule has 1 heterocycles. The van der Waals surface area contributed by atoms with E-state index in [9.17, 15) is 0 Å². The fourth-order valence-corrected chi connectivity index (χ4v) is 2.37. The molecular formula is C14H17ClN4. The highest BCUT2D eigenvalue weighted by Gasteiger charge is 2.42. The summed E-state index contributed by atoms with van der Waals surface area (Å²) in [4.78, 5) is 3.99. The molecule has 19 heavy (non-hydrogen) atoms. The third-order valence-corrected chi connectivity index (χ3v) is 4.32. The van der Waals surface area contributed by atoms with Crippen LogP contribution in [-0.4, -0.2) is 20.8 Å². The standard InChI is InChI=1S/C14H17ClN4/c1-10(14(2)5-6-14)18-12-7-11(15)3-4-13(12)19-9-16-8-17-19/h3-4,7-10,18H,5-6H2,1-2H3. The molecule has 0 radical (unpaired) electrons. The lowest BCUT2D eigenvalue weighted by Gasteiger charge is -2.23. The van der Waals surface area contributed by atoms with Crippen LogP contribution in [-0.2, 0) is 0 Å². The summed E-state index contributed by atoms with van der Waals surface area (Å²) >= 11 is 6.11. The molecule has 3 rings (SSSR count). The minimum absolute atomic E-state index is 0.405. The van der Waals surface area contributed by atoms with Crippen LogP contribution in [0.1, 0.15) is 26.7 Å². The summed E-state index contributed by atoms with van der Waals surface area (Å²) in [6, 6.07) is 6.18. The molecule has 5 heteroatoms. The van der Waals surface area contributed by atoms with Crippen LogP contribution in [0, 0.1) is 5.41 Å². The lowest BCUT2D eigenvalue weighted by molar-refractivity contribution is 0.493. The van der Waals surface area contributed by atoms with E-state index in [1.807, 2.05) is 18.2 Å². The Bertz CT molecular complexity index is 575. The van der Waals surface area contributed by atoms with Gasteiger partial charge in [0.15, 0.2) is 0 Å². The smallest absolute Gasteiger partial charge is 0.138 e. The summed E-state index contributed by atoms with van der Waals surface area (Å²) in [6.45, 7) is 4.53. The number of nitrogens with zero attached hydrogens (tertiary/aromatic N) is 3. The van der Waals surface area contributed by atoms with Crippen LogP contribution in [0.2, 0.25) is 5.02 Å². The predicted molar refractivity (Wildman–Crippen MR) is 76.8 cm³/mol. The van der Waals surface area contributed by atoms with Gasteiger partial charge in [-0.15, -0.1) is 0 Å². The van der Waals surface area contributed by atoms with Crippen molar-refractivity contribution in [3.63, 3.8) is 0 Å². The topological polar surface area (TPSA) is 42.7 Å². The Morgan fingerprint density at radius 3 is 2.84 bits per heavy atom. The Balaban J connectivity index is 1.93. The summed E-state index contributed by atoms with van der Waals surface area (Å²) in [5, 5.41) is 8.48. The average Bonchev–Trinajstić information content (AvgIpc) is 2.92. The molecular weight excluding hydrogens is 260 g/mol. The van der Waals surface area contributed by atoms with E-state index in [0.29, 0.717) is 11.5 Å². The molecule has 1 aliphatic rings. The van der Waals surface area contributed by atoms with Crippen molar-refractivity contribution < 1.29 is 0 Å². The van der Waals surface area contributed by atoms with E-state index < -0.39 is 0 Å². The van der Waals surface area contributed by atoms with Gasteiger partial charge in [-0.25, -0.2) is 9.67 Å². The van der Waals surface area contributed by atoms with Gasteiger partial charge in [-0.3, -0.25) is 0 Å². The summed E-state index contributed by atoms with van der Waals surface area (Å²) in [6.07, 6.45) is 5.78. The Morgan fingerprint density at radius 1 is 1.42 bits per heavy atom. The van der Waals surface area contributed by atoms with Gasteiger partial charge in [-0.2, -0.15) is 5.10 Å². The van der Waals surface area contributed by atoms with Crippen LogP contribution in [0.4, 0.5) is 5.69 Å². The van der Waals surface area contributed by atoms with Crippen molar-refractivity contribution in [3.05, 3.63) is 35.9 Å². The number of anilines is 1. The summed E-state index contributed by atoms with van der Waals surface area (Å²) < 4.78 is 1.75. The molecule has 0 bridgehead atoms. The van der Waals surface area contributed by atoms with Crippen LogP contribution >= 0.6 is 11.6 Å². The van der Waals surface area contributed by atoms with Crippen molar-refractivity contribution in [1.29, 1.82) is 0 Å². The van der Waals surface area contributed by atoms with E-state index in [0.717, 1.165) is 16.4 Å². The van der Waals surface area contributed by atoms with E-state index in [-0.39, 0.29) is 0 Å². The fraction of sp³-hybridized carbons (Fsp3) is 0.429. The number of rotatable bonds is 4. The number of aromatic nitrogens is 3. The van der Waals surface area contributed by atoms with Crippen molar-refractivity contribution in [2.45, 2.75) is 32.7 Å². The predicted octanol–water partition coefficient (Wildman–Crippen LogP) is 3.52. The van der Waals surface area contributed by atoms with Crippen molar-refractivity contribution in [3.8, 4) is 5.69 Å². The van der Waals surface area contributed by atoms with Crippen LogP contribution in [0.15, 0.2) is 30.9 Å². The van der Waals surface area contributed by atoms with Crippen molar-refractivity contribution in [1.82, 2.24) is 14.8 Å². The molecule has 1 aliphatic carbocycles. The maximum absolute atomic E-state index is 6.11. The lowest BCUT2D eigenvalue weighted by Crippen LogP contribution is -2.25. The number of hydrogen-bond acceptors (Lipinski definition) is 3. The zero-order valence-electron chi connectivity index (χ0n) is 11.1. The quantitative estimate of drug-likeness (QED) is 0.929. The van der Waals surface area contributed by atoms with E-state index >= 15 is 0 Å². The van der Waals surface area contributed by atoms with Crippen LogP contribution in [0.25, 0.3) is 5.69 Å². The van der Waals surface area contributed by atoms with Gasteiger partial charge >= 0.3 is 0 Å².